The number of nitrogens with one attached hydrogen (secondary N) is 1. The van der Waals surface area contributed by atoms with E-state index in [1.807, 2.05) is 47.4 Å². The van der Waals surface area contributed by atoms with Gasteiger partial charge in [-0.3, -0.25) is 9.58 Å². The van der Waals surface area contributed by atoms with Gasteiger partial charge in [0.25, 0.3) is 0 Å². The zero-order valence-corrected chi connectivity index (χ0v) is 16.7. The number of nitrogens with zero attached hydrogens (tertiary/aromatic N) is 6. The number of carbonyl (C=O) groups is 1. The van der Waals surface area contributed by atoms with Crippen molar-refractivity contribution in [3.05, 3.63) is 65.7 Å². The van der Waals surface area contributed by atoms with Gasteiger partial charge >= 0.3 is 6.03 Å². The highest BCUT2D eigenvalue weighted by atomic mass is 16.2. The first-order valence-electron chi connectivity index (χ1n) is 9.68. The molecule has 1 aromatic carbocycles. The summed E-state index contributed by atoms with van der Waals surface area (Å²) in [6.07, 6.45) is 3.81. The number of benzene rings is 1. The Kier molecular flexibility index (Phi) is 5.53. The Morgan fingerprint density at radius 2 is 1.90 bits per heavy atom. The molecule has 150 valence electrons. The van der Waals surface area contributed by atoms with Gasteiger partial charge in [-0.05, 0) is 6.07 Å². The maximum absolute atomic E-state index is 11.7. The van der Waals surface area contributed by atoms with Crippen LogP contribution in [0.4, 0.5) is 4.79 Å². The lowest BCUT2D eigenvalue weighted by atomic mass is 10.2. The number of fused-ring (bicyclic) bond motifs is 1. The Morgan fingerprint density at radius 1 is 1.14 bits per heavy atom. The number of urea groups is 1. The van der Waals surface area contributed by atoms with Gasteiger partial charge in [0.1, 0.15) is 0 Å². The number of aromatic nitrogens is 4. The lowest BCUT2D eigenvalue weighted by Gasteiger charge is -2.27. The molecule has 8 nitrogen and oxygen atoms in total. The average Bonchev–Trinajstić information content (AvgIpc) is 3.15. The van der Waals surface area contributed by atoms with Crippen LogP contribution >= 0.6 is 0 Å². The number of hydrogen-bond acceptors (Lipinski definition) is 5. The molecule has 0 saturated heterocycles. The van der Waals surface area contributed by atoms with Crippen molar-refractivity contribution in [2.75, 3.05) is 20.6 Å². The van der Waals surface area contributed by atoms with E-state index in [-0.39, 0.29) is 6.03 Å². The smallest absolute Gasteiger partial charge is 0.317 e. The van der Waals surface area contributed by atoms with Gasteiger partial charge < -0.3 is 10.2 Å². The molecule has 8 heteroatoms. The molecule has 3 heterocycles. The van der Waals surface area contributed by atoms with Crippen molar-refractivity contribution in [1.29, 1.82) is 0 Å². The maximum atomic E-state index is 11.7. The fourth-order valence-corrected chi connectivity index (χ4v) is 3.36. The third kappa shape index (κ3) is 4.60. The van der Waals surface area contributed by atoms with Crippen molar-refractivity contribution in [3.8, 4) is 11.4 Å². The fraction of sp³-hybridized carbons (Fsp3) is 0.333. The SMILES string of the molecule is CN(C)C(=O)NCc1cc2n(n1)CCN(Cc1cnc(-c3ccccc3)nc1)C2. The highest BCUT2D eigenvalue weighted by Crippen LogP contribution is 2.17. The van der Waals surface area contributed by atoms with Gasteiger partial charge in [0.05, 0.1) is 24.5 Å². The molecule has 0 bridgehead atoms. The van der Waals surface area contributed by atoms with Gasteiger partial charge in [-0.25, -0.2) is 14.8 Å². The van der Waals surface area contributed by atoms with E-state index in [4.69, 9.17) is 0 Å². The third-order valence-electron chi connectivity index (χ3n) is 4.90. The molecular formula is C21H25N7O. The fourth-order valence-electron chi connectivity index (χ4n) is 3.36. The normalized spacial score (nSPS) is 13.7. The number of hydrogen-bond donors (Lipinski definition) is 1. The number of amides is 2. The molecule has 4 rings (SSSR count). The van der Waals surface area contributed by atoms with Gasteiger partial charge in [-0.1, -0.05) is 30.3 Å². The summed E-state index contributed by atoms with van der Waals surface area (Å²) in [6.45, 7) is 3.80. The molecular weight excluding hydrogens is 366 g/mol. The minimum absolute atomic E-state index is 0.114. The van der Waals surface area contributed by atoms with Crippen molar-refractivity contribution in [2.45, 2.75) is 26.2 Å². The van der Waals surface area contributed by atoms with Crippen molar-refractivity contribution < 1.29 is 4.79 Å². The first kappa shape index (κ1) is 19.1. The van der Waals surface area contributed by atoms with Crippen molar-refractivity contribution in [1.82, 2.24) is 34.9 Å². The van der Waals surface area contributed by atoms with E-state index < -0.39 is 0 Å². The van der Waals surface area contributed by atoms with Crippen LogP contribution in [0.5, 0.6) is 0 Å². The second-order valence-corrected chi connectivity index (χ2v) is 7.39. The van der Waals surface area contributed by atoms with Gasteiger partial charge in [-0.15, -0.1) is 0 Å². The second-order valence-electron chi connectivity index (χ2n) is 7.39. The molecule has 0 fully saturated rings. The van der Waals surface area contributed by atoms with Crippen LogP contribution < -0.4 is 5.32 Å². The topological polar surface area (TPSA) is 79.2 Å². The van der Waals surface area contributed by atoms with Crippen LogP contribution in [0.3, 0.4) is 0 Å². The van der Waals surface area contributed by atoms with Crippen LogP contribution in [0.2, 0.25) is 0 Å². The lowest BCUT2D eigenvalue weighted by Crippen LogP contribution is -2.34. The third-order valence-corrected chi connectivity index (χ3v) is 4.90. The Hall–Kier alpha value is -3.26. The standard InChI is InChI=1S/C21H25N7O/c1-26(2)21(29)24-13-18-10-19-15-27(8-9-28(19)25-18)14-16-11-22-20(23-12-16)17-6-4-3-5-7-17/h3-7,10-12H,8-9,13-15H2,1-2H3,(H,24,29). The summed E-state index contributed by atoms with van der Waals surface area (Å²) in [7, 11) is 3.45. The second kappa shape index (κ2) is 8.40. The zero-order chi connectivity index (χ0) is 20.2. The van der Waals surface area contributed by atoms with E-state index in [2.05, 4.69) is 31.3 Å². The largest absolute Gasteiger partial charge is 0.332 e. The Morgan fingerprint density at radius 3 is 2.62 bits per heavy atom. The number of rotatable bonds is 5. The Balaban J connectivity index is 1.36. The molecule has 1 aliphatic rings. The van der Waals surface area contributed by atoms with Gasteiger partial charge in [-0.2, -0.15) is 5.10 Å². The summed E-state index contributed by atoms with van der Waals surface area (Å²) in [6, 6.07) is 11.9. The van der Waals surface area contributed by atoms with E-state index in [1.54, 1.807) is 14.1 Å². The highest BCUT2D eigenvalue weighted by Gasteiger charge is 2.19. The monoisotopic (exact) mass is 391 g/mol. The molecule has 0 atom stereocenters. The first-order valence-corrected chi connectivity index (χ1v) is 9.68. The zero-order valence-electron chi connectivity index (χ0n) is 16.7. The van der Waals surface area contributed by atoms with Gasteiger partial charge in [0.2, 0.25) is 0 Å². The van der Waals surface area contributed by atoms with Crippen molar-refractivity contribution >= 4 is 6.03 Å². The summed E-state index contributed by atoms with van der Waals surface area (Å²) >= 11 is 0. The summed E-state index contributed by atoms with van der Waals surface area (Å²) in [4.78, 5) is 24.6. The van der Waals surface area contributed by atoms with E-state index in [1.165, 1.54) is 4.90 Å². The molecule has 0 unspecified atom stereocenters. The van der Waals surface area contributed by atoms with E-state index in [9.17, 15) is 4.79 Å². The van der Waals surface area contributed by atoms with Gasteiger partial charge in [0, 0.05) is 57.3 Å². The molecule has 29 heavy (non-hydrogen) atoms. The summed E-state index contributed by atoms with van der Waals surface area (Å²) in [5.41, 5.74) is 4.16. The molecule has 2 aromatic heterocycles. The first-order chi connectivity index (χ1) is 14.1. The van der Waals surface area contributed by atoms with Crippen LogP contribution in [-0.2, 0) is 26.2 Å². The maximum Gasteiger partial charge on any atom is 0.317 e. The van der Waals surface area contributed by atoms with E-state index >= 15 is 0 Å². The van der Waals surface area contributed by atoms with Crippen LogP contribution in [0.15, 0.2) is 48.8 Å². The summed E-state index contributed by atoms with van der Waals surface area (Å²) in [5.74, 6) is 0.746. The molecule has 0 spiro atoms. The van der Waals surface area contributed by atoms with Crippen LogP contribution in [0, 0.1) is 0 Å². The van der Waals surface area contributed by atoms with Gasteiger partial charge in [0.15, 0.2) is 5.82 Å². The van der Waals surface area contributed by atoms with Crippen molar-refractivity contribution in [2.24, 2.45) is 0 Å². The molecule has 1 aliphatic heterocycles. The molecule has 3 aromatic rings. The summed E-state index contributed by atoms with van der Waals surface area (Å²) < 4.78 is 2.03. The van der Waals surface area contributed by atoms with E-state index in [0.29, 0.717) is 6.54 Å². The molecule has 2 amide bonds. The lowest BCUT2D eigenvalue weighted by molar-refractivity contribution is 0.204. The average molecular weight is 391 g/mol. The minimum atomic E-state index is -0.114. The Labute approximate surface area is 170 Å². The molecule has 0 saturated carbocycles. The Bertz CT molecular complexity index is 966. The van der Waals surface area contributed by atoms with E-state index in [0.717, 1.165) is 54.5 Å². The minimum Gasteiger partial charge on any atom is -0.332 e. The predicted molar refractivity (Wildman–Crippen MR) is 110 cm³/mol. The van der Waals surface area contributed by atoms with Crippen LogP contribution in [0.1, 0.15) is 17.0 Å². The van der Waals surface area contributed by atoms with Crippen molar-refractivity contribution in [3.63, 3.8) is 0 Å². The quantitative estimate of drug-likeness (QED) is 0.721. The molecule has 0 aliphatic carbocycles. The van der Waals surface area contributed by atoms with Crippen LogP contribution in [0.25, 0.3) is 11.4 Å². The molecule has 1 N–H and O–H groups in total. The number of carbonyl (C=O) groups excluding carboxylic acids is 1. The predicted octanol–water partition coefficient (Wildman–Crippen LogP) is 2.13. The molecule has 0 radical (unpaired) electrons. The van der Waals surface area contributed by atoms with Crippen LogP contribution in [-0.4, -0.2) is 56.2 Å². The summed E-state index contributed by atoms with van der Waals surface area (Å²) in [5, 5.41) is 7.46. The highest BCUT2D eigenvalue weighted by molar-refractivity contribution is 5.73.